The number of rotatable bonds is 7. The lowest BCUT2D eigenvalue weighted by molar-refractivity contribution is 0.562. The average Bonchev–Trinajstić information content (AvgIpc) is 3.03. The van der Waals surface area contributed by atoms with E-state index in [4.69, 9.17) is 0 Å². The molecule has 0 saturated heterocycles. The highest BCUT2D eigenvalue weighted by atomic mass is 32.2. The second kappa shape index (κ2) is 5.83. The Morgan fingerprint density at radius 3 is 2.65 bits per heavy atom. The third-order valence-electron chi connectivity index (χ3n) is 3.91. The van der Waals surface area contributed by atoms with E-state index in [1.165, 1.54) is 0 Å². The summed E-state index contributed by atoms with van der Waals surface area (Å²) in [5.74, 6) is 0.490. The second-order valence-corrected chi connectivity index (χ2v) is 7.11. The molecule has 20 heavy (non-hydrogen) atoms. The van der Waals surface area contributed by atoms with Crippen molar-refractivity contribution in [2.45, 2.75) is 51.1 Å². The van der Waals surface area contributed by atoms with Crippen LogP contribution in [-0.2, 0) is 16.6 Å². The molecule has 0 aromatic carbocycles. The van der Waals surface area contributed by atoms with Crippen molar-refractivity contribution in [3.63, 3.8) is 0 Å². The summed E-state index contributed by atoms with van der Waals surface area (Å²) in [6.45, 7) is 7.08. The fraction of sp³-hybridized carbons (Fsp3) is 0.769. The van der Waals surface area contributed by atoms with Gasteiger partial charge in [0, 0.05) is 12.6 Å². The quantitative estimate of drug-likeness (QED) is 0.781. The lowest BCUT2D eigenvalue weighted by atomic mass is 10.3. The zero-order valence-corrected chi connectivity index (χ0v) is 13.4. The number of aromatic nitrogens is 2. The molecule has 2 atom stereocenters. The maximum Gasteiger partial charge on any atom is 0.244 e. The maximum atomic E-state index is 12.5. The summed E-state index contributed by atoms with van der Waals surface area (Å²) in [6, 6.07) is 0.101. The van der Waals surface area contributed by atoms with Crippen molar-refractivity contribution >= 4 is 10.0 Å². The van der Waals surface area contributed by atoms with Crippen LogP contribution in [0.5, 0.6) is 0 Å². The van der Waals surface area contributed by atoms with E-state index >= 15 is 0 Å². The molecular formula is C13H24N4O2S. The molecule has 0 bridgehead atoms. The van der Waals surface area contributed by atoms with Crippen LogP contribution in [-0.4, -0.2) is 37.8 Å². The maximum absolute atomic E-state index is 12.5. The molecule has 1 aromatic rings. The van der Waals surface area contributed by atoms with E-state index in [-0.39, 0.29) is 6.04 Å². The molecule has 0 spiro atoms. The first-order valence-corrected chi connectivity index (χ1v) is 8.60. The van der Waals surface area contributed by atoms with Gasteiger partial charge < -0.3 is 5.32 Å². The standard InChI is InChI=1S/C13H24N4O2S/c1-5-11-8-12(11)16-20(18,19)13-9(2)15-17(10(13)3)7-6-14-4/h11-12,14,16H,5-8H2,1-4H3. The normalized spacial score (nSPS) is 22.2. The van der Waals surface area contributed by atoms with Gasteiger partial charge >= 0.3 is 0 Å². The predicted octanol–water partition coefficient (Wildman–Crippen LogP) is 0.796. The van der Waals surface area contributed by atoms with Crippen LogP contribution in [0, 0.1) is 19.8 Å². The Balaban J connectivity index is 2.21. The van der Waals surface area contributed by atoms with Crippen LogP contribution in [0.4, 0.5) is 0 Å². The minimum Gasteiger partial charge on any atom is -0.318 e. The Morgan fingerprint density at radius 1 is 1.40 bits per heavy atom. The lowest BCUT2D eigenvalue weighted by Gasteiger charge is -2.07. The molecule has 2 N–H and O–H groups in total. The number of hydrogen-bond acceptors (Lipinski definition) is 4. The lowest BCUT2D eigenvalue weighted by Crippen LogP contribution is -2.28. The Bertz CT molecular complexity index is 579. The molecule has 2 unspecified atom stereocenters. The van der Waals surface area contributed by atoms with E-state index in [1.807, 2.05) is 14.0 Å². The van der Waals surface area contributed by atoms with Gasteiger partial charge in [0.25, 0.3) is 0 Å². The van der Waals surface area contributed by atoms with Gasteiger partial charge in [0.05, 0.1) is 17.9 Å². The molecule has 114 valence electrons. The fourth-order valence-corrected chi connectivity index (χ4v) is 4.34. The number of aryl methyl sites for hydroxylation is 1. The monoisotopic (exact) mass is 300 g/mol. The highest BCUT2D eigenvalue weighted by Crippen LogP contribution is 2.35. The van der Waals surface area contributed by atoms with Crippen molar-refractivity contribution in [2.75, 3.05) is 13.6 Å². The van der Waals surface area contributed by atoms with Crippen LogP contribution in [0.2, 0.25) is 0 Å². The summed E-state index contributed by atoms with van der Waals surface area (Å²) < 4.78 is 29.5. The predicted molar refractivity (Wildman–Crippen MR) is 78.1 cm³/mol. The van der Waals surface area contributed by atoms with E-state index in [1.54, 1.807) is 11.6 Å². The summed E-state index contributed by atoms with van der Waals surface area (Å²) in [4.78, 5) is 0.343. The summed E-state index contributed by atoms with van der Waals surface area (Å²) in [7, 11) is -1.60. The zero-order chi connectivity index (χ0) is 14.9. The Labute approximate surface area is 121 Å². The van der Waals surface area contributed by atoms with Gasteiger partial charge in [-0.15, -0.1) is 0 Å². The van der Waals surface area contributed by atoms with Crippen molar-refractivity contribution in [1.29, 1.82) is 0 Å². The summed E-state index contributed by atoms with van der Waals surface area (Å²) >= 11 is 0. The Morgan fingerprint density at radius 2 is 2.10 bits per heavy atom. The third-order valence-corrected chi connectivity index (χ3v) is 5.65. The van der Waals surface area contributed by atoms with Crippen molar-refractivity contribution in [1.82, 2.24) is 19.8 Å². The first-order valence-electron chi connectivity index (χ1n) is 7.11. The molecule has 1 aliphatic rings. The average molecular weight is 300 g/mol. The van der Waals surface area contributed by atoms with E-state index in [0.717, 1.165) is 19.4 Å². The molecule has 1 fully saturated rings. The summed E-state index contributed by atoms with van der Waals surface area (Å²) in [6.07, 6.45) is 1.97. The molecular weight excluding hydrogens is 276 g/mol. The van der Waals surface area contributed by atoms with E-state index in [9.17, 15) is 8.42 Å². The van der Waals surface area contributed by atoms with Crippen molar-refractivity contribution in [2.24, 2.45) is 5.92 Å². The number of nitrogens with one attached hydrogen (secondary N) is 2. The van der Waals surface area contributed by atoms with Crippen LogP contribution in [0.3, 0.4) is 0 Å². The fourth-order valence-electron chi connectivity index (χ4n) is 2.61. The van der Waals surface area contributed by atoms with Crippen LogP contribution >= 0.6 is 0 Å². The molecule has 2 rings (SSSR count). The van der Waals surface area contributed by atoms with E-state index < -0.39 is 10.0 Å². The molecule has 1 heterocycles. The van der Waals surface area contributed by atoms with Crippen molar-refractivity contribution in [3.05, 3.63) is 11.4 Å². The summed E-state index contributed by atoms with van der Waals surface area (Å²) in [5, 5.41) is 7.38. The van der Waals surface area contributed by atoms with E-state index in [2.05, 4.69) is 22.1 Å². The zero-order valence-electron chi connectivity index (χ0n) is 12.6. The minimum atomic E-state index is -3.46. The van der Waals surface area contributed by atoms with Gasteiger partial charge in [0.1, 0.15) is 4.90 Å². The van der Waals surface area contributed by atoms with Crippen molar-refractivity contribution in [3.8, 4) is 0 Å². The van der Waals surface area contributed by atoms with Gasteiger partial charge in [0.2, 0.25) is 10.0 Å². The Kier molecular flexibility index (Phi) is 4.51. The highest BCUT2D eigenvalue weighted by Gasteiger charge is 2.39. The second-order valence-electron chi connectivity index (χ2n) is 5.46. The SMILES string of the molecule is CCC1CC1NS(=O)(=O)c1c(C)nn(CCNC)c1C. The van der Waals surface area contributed by atoms with Crippen molar-refractivity contribution < 1.29 is 8.42 Å². The number of sulfonamides is 1. The molecule has 1 aromatic heterocycles. The van der Waals surface area contributed by atoms with E-state index in [0.29, 0.717) is 28.7 Å². The van der Waals surface area contributed by atoms with Crippen LogP contribution in [0.1, 0.15) is 31.2 Å². The molecule has 0 aliphatic heterocycles. The number of nitrogens with zero attached hydrogens (tertiary/aromatic N) is 2. The first-order chi connectivity index (χ1) is 9.40. The van der Waals surface area contributed by atoms with Gasteiger partial charge in [-0.1, -0.05) is 13.3 Å². The van der Waals surface area contributed by atoms with Crippen LogP contribution in [0.25, 0.3) is 0 Å². The molecule has 0 amide bonds. The van der Waals surface area contributed by atoms with Gasteiger partial charge in [-0.05, 0) is 33.2 Å². The number of hydrogen-bond donors (Lipinski definition) is 2. The number of likely N-dealkylation sites (N-methyl/N-ethyl adjacent to an activating group) is 1. The topological polar surface area (TPSA) is 76.0 Å². The molecule has 1 aliphatic carbocycles. The van der Waals surface area contributed by atoms with Gasteiger partial charge in [-0.2, -0.15) is 5.10 Å². The van der Waals surface area contributed by atoms with Gasteiger partial charge in [-0.25, -0.2) is 13.1 Å². The third kappa shape index (κ3) is 3.05. The molecule has 6 nitrogen and oxygen atoms in total. The largest absolute Gasteiger partial charge is 0.318 e. The van der Waals surface area contributed by atoms with Crippen LogP contribution < -0.4 is 10.0 Å². The smallest absolute Gasteiger partial charge is 0.244 e. The summed E-state index contributed by atoms with van der Waals surface area (Å²) in [5.41, 5.74) is 1.28. The van der Waals surface area contributed by atoms with Crippen LogP contribution in [0.15, 0.2) is 4.90 Å². The minimum absolute atomic E-state index is 0.101. The first kappa shape index (κ1) is 15.5. The molecule has 0 radical (unpaired) electrons. The Hall–Kier alpha value is -0.920. The molecule has 1 saturated carbocycles. The van der Waals surface area contributed by atoms with Gasteiger partial charge in [-0.3, -0.25) is 4.68 Å². The highest BCUT2D eigenvalue weighted by molar-refractivity contribution is 7.89. The van der Waals surface area contributed by atoms with Gasteiger partial charge in [0.15, 0.2) is 0 Å². The molecule has 7 heteroatoms.